The Balaban J connectivity index is 1.48. The van der Waals surface area contributed by atoms with Crippen LogP contribution in [-0.4, -0.2) is 33.9 Å². The molecule has 1 unspecified atom stereocenters. The highest BCUT2D eigenvalue weighted by Crippen LogP contribution is 2.36. The standard InChI is InChI=1S/C31H35N3O5/c1-6-9-22-15-21(17-34-27(7-2)33-28-19(4)14-20(5)32-30(28)34)10-12-24(22)39-29(31(35)36-8-3)23-11-13-25-26(16-23)38-18-37-25/h10-16,29H,6-9,17-18H2,1-5H3. The van der Waals surface area contributed by atoms with Crippen LogP contribution in [0.1, 0.15) is 67.1 Å². The Morgan fingerprint density at radius 2 is 1.85 bits per heavy atom. The Morgan fingerprint density at radius 3 is 2.62 bits per heavy atom. The SMILES string of the molecule is CCCc1cc(Cn2c(CC)nc3c(C)cc(C)nc32)ccc1OC(C(=O)OCC)c1ccc2c(c1)OCO2. The van der Waals surface area contributed by atoms with Crippen molar-refractivity contribution < 1.29 is 23.7 Å². The summed E-state index contributed by atoms with van der Waals surface area (Å²) in [7, 11) is 0. The number of ether oxygens (including phenoxy) is 4. The fraction of sp³-hybridized carbons (Fsp3) is 0.387. The second-order valence-electron chi connectivity index (χ2n) is 9.78. The molecule has 0 N–H and O–H groups in total. The third kappa shape index (κ3) is 5.41. The lowest BCUT2D eigenvalue weighted by Crippen LogP contribution is -2.22. The lowest BCUT2D eigenvalue weighted by molar-refractivity contribution is -0.151. The van der Waals surface area contributed by atoms with Gasteiger partial charge in [-0.3, -0.25) is 0 Å². The van der Waals surface area contributed by atoms with E-state index in [1.54, 1.807) is 19.1 Å². The maximum atomic E-state index is 13.0. The third-order valence-electron chi connectivity index (χ3n) is 6.85. The van der Waals surface area contributed by atoms with Gasteiger partial charge in [-0.15, -0.1) is 0 Å². The Labute approximate surface area is 228 Å². The number of aromatic nitrogens is 3. The van der Waals surface area contributed by atoms with Crippen molar-refractivity contribution in [3.63, 3.8) is 0 Å². The number of carbonyl (C=O) groups is 1. The maximum Gasteiger partial charge on any atom is 0.352 e. The number of imidazole rings is 1. The zero-order chi connectivity index (χ0) is 27.5. The van der Waals surface area contributed by atoms with Crippen LogP contribution < -0.4 is 14.2 Å². The molecule has 1 aliphatic heterocycles. The summed E-state index contributed by atoms with van der Waals surface area (Å²) in [5.41, 5.74) is 6.78. The molecule has 0 fully saturated rings. The summed E-state index contributed by atoms with van der Waals surface area (Å²) in [6.07, 6.45) is 1.62. The summed E-state index contributed by atoms with van der Waals surface area (Å²) >= 11 is 0. The number of benzene rings is 2. The molecule has 0 radical (unpaired) electrons. The largest absolute Gasteiger partial charge is 0.474 e. The molecule has 0 spiro atoms. The van der Waals surface area contributed by atoms with E-state index in [0.717, 1.165) is 58.6 Å². The number of hydrogen-bond acceptors (Lipinski definition) is 7. The average molecular weight is 530 g/mol. The van der Waals surface area contributed by atoms with E-state index in [1.165, 1.54) is 0 Å². The van der Waals surface area contributed by atoms with Gasteiger partial charge in [0, 0.05) is 17.7 Å². The highest BCUT2D eigenvalue weighted by atomic mass is 16.7. The van der Waals surface area contributed by atoms with E-state index in [4.69, 9.17) is 28.9 Å². The number of fused-ring (bicyclic) bond motifs is 2. The fourth-order valence-corrected chi connectivity index (χ4v) is 5.05. The lowest BCUT2D eigenvalue weighted by Gasteiger charge is -2.21. The van der Waals surface area contributed by atoms with Gasteiger partial charge in [-0.2, -0.15) is 0 Å². The average Bonchev–Trinajstić information content (AvgIpc) is 3.53. The molecule has 0 amide bonds. The van der Waals surface area contributed by atoms with Gasteiger partial charge in [0.2, 0.25) is 12.9 Å². The first-order valence-electron chi connectivity index (χ1n) is 13.6. The van der Waals surface area contributed by atoms with Crippen molar-refractivity contribution in [2.24, 2.45) is 0 Å². The topological polar surface area (TPSA) is 84.7 Å². The van der Waals surface area contributed by atoms with Crippen LogP contribution in [-0.2, 0) is 28.9 Å². The Kier molecular flexibility index (Phi) is 7.72. The molecule has 0 bridgehead atoms. The number of pyridine rings is 1. The summed E-state index contributed by atoms with van der Waals surface area (Å²) < 4.78 is 24.9. The van der Waals surface area contributed by atoms with Crippen LogP contribution in [0.4, 0.5) is 0 Å². The molecule has 0 aliphatic carbocycles. The zero-order valence-corrected chi connectivity index (χ0v) is 23.2. The lowest BCUT2D eigenvalue weighted by atomic mass is 10.0. The molecule has 5 rings (SSSR count). The van der Waals surface area contributed by atoms with E-state index in [-0.39, 0.29) is 13.4 Å². The Morgan fingerprint density at radius 1 is 1.03 bits per heavy atom. The molecule has 1 aliphatic rings. The highest BCUT2D eigenvalue weighted by molar-refractivity contribution is 5.78. The fourth-order valence-electron chi connectivity index (χ4n) is 5.05. The second-order valence-corrected chi connectivity index (χ2v) is 9.78. The molecule has 8 heteroatoms. The number of aryl methyl sites for hydroxylation is 4. The van der Waals surface area contributed by atoms with E-state index >= 15 is 0 Å². The summed E-state index contributed by atoms with van der Waals surface area (Å²) in [6.45, 7) is 11.2. The van der Waals surface area contributed by atoms with Gasteiger partial charge in [-0.05, 0) is 68.1 Å². The quantitative estimate of drug-likeness (QED) is 0.232. The number of carbonyl (C=O) groups excluding carboxylic acids is 1. The van der Waals surface area contributed by atoms with E-state index in [0.29, 0.717) is 29.4 Å². The molecule has 4 aromatic rings. The van der Waals surface area contributed by atoms with E-state index < -0.39 is 12.1 Å². The van der Waals surface area contributed by atoms with Gasteiger partial charge < -0.3 is 23.5 Å². The minimum absolute atomic E-state index is 0.159. The van der Waals surface area contributed by atoms with Gasteiger partial charge in [0.1, 0.15) is 17.1 Å². The molecule has 2 aromatic carbocycles. The maximum absolute atomic E-state index is 13.0. The molecule has 0 saturated heterocycles. The summed E-state index contributed by atoms with van der Waals surface area (Å²) in [4.78, 5) is 22.7. The smallest absolute Gasteiger partial charge is 0.352 e. The van der Waals surface area contributed by atoms with Crippen LogP contribution in [0.25, 0.3) is 11.2 Å². The van der Waals surface area contributed by atoms with E-state index in [1.807, 2.05) is 25.1 Å². The summed E-state index contributed by atoms with van der Waals surface area (Å²) in [5.74, 6) is 2.46. The molecular weight excluding hydrogens is 494 g/mol. The first-order valence-corrected chi connectivity index (χ1v) is 13.6. The van der Waals surface area contributed by atoms with Crippen molar-refractivity contribution in [2.45, 2.75) is 66.5 Å². The predicted octanol–water partition coefficient (Wildman–Crippen LogP) is 6.02. The highest BCUT2D eigenvalue weighted by Gasteiger charge is 2.28. The van der Waals surface area contributed by atoms with Crippen molar-refractivity contribution in [3.05, 3.63) is 76.2 Å². The van der Waals surface area contributed by atoms with Crippen molar-refractivity contribution >= 4 is 17.1 Å². The minimum atomic E-state index is -0.930. The van der Waals surface area contributed by atoms with E-state index in [2.05, 4.69) is 37.5 Å². The Hall–Kier alpha value is -4.07. The first kappa shape index (κ1) is 26.5. The van der Waals surface area contributed by atoms with Gasteiger partial charge in [-0.1, -0.05) is 38.5 Å². The molecule has 1 atom stereocenters. The van der Waals surface area contributed by atoms with Gasteiger partial charge in [-0.25, -0.2) is 14.8 Å². The van der Waals surface area contributed by atoms with Crippen molar-refractivity contribution in [3.8, 4) is 17.2 Å². The number of hydrogen-bond donors (Lipinski definition) is 0. The normalized spacial score (nSPS) is 13.1. The van der Waals surface area contributed by atoms with Crippen LogP contribution in [0.2, 0.25) is 0 Å². The number of rotatable bonds is 10. The molecule has 8 nitrogen and oxygen atoms in total. The molecule has 2 aromatic heterocycles. The number of nitrogens with zero attached hydrogens (tertiary/aromatic N) is 3. The van der Waals surface area contributed by atoms with Crippen molar-refractivity contribution in [1.29, 1.82) is 0 Å². The summed E-state index contributed by atoms with van der Waals surface area (Å²) in [6, 6.07) is 13.6. The Bertz CT molecular complexity index is 1510. The van der Waals surface area contributed by atoms with Gasteiger partial charge in [0.05, 0.1) is 13.2 Å². The molecule has 204 valence electrons. The molecule has 0 saturated carbocycles. The third-order valence-corrected chi connectivity index (χ3v) is 6.85. The van der Waals surface area contributed by atoms with Gasteiger partial charge in [0.25, 0.3) is 0 Å². The summed E-state index contributed by atoms with van der Waals surface area (Å²) in [5, 5.41) is 0. The van der Waals surface area contributed by atoms with Crippen LogP contribution in [0.5, 0.6) is 17.2 Å². The molecular formula is C31H35N3O5. The van der Waals surface area contributed by atoms with Crippen molar-refractivity contribution in [1.82, 2.24) is 14.5 Å². The molecule has 39 heavy (non-hydrogen) atoms. The van der Waals surface area contributed by atoms with Crippen LogP contribution in [0.3, 0.4) is 0 Å². The molecule has 3 heterocycles. The van der Waals surface area contributed by atoms with Gasteiger partial charge in [0.15, 0.2) is 17.1 Å². The minimum Gasteiger partial charge on any atom is -0.474 e. The van der Waals surface area contributed by atoms with Crippen LogP contribution in [0.15, 0.2) is 42.5 Å². The predicted molar refractivity (Wildman–Crippen MR) is 148 cm³/mol. The van der Waals surface area contributed by atoms with Gasteiger partial charge >= 0.3 is 5.97 Å². The zero-order valence-electron chi connectivity index (χ0n) is 23.2. The first-order chi connectivity index (χ1) is 18.9. The monoisotopic (exact) mass is 529 g/mol. The van der Waals surface area contributed by atoms with E-state index in [9.17, 15) is 4.79 Å². The van der Waals surface area contributed by atoms with Crippen LogP contribution >= 0.6 is 0 Å². The van der Waals surface area contributed by atoms with Crippen molar-refractivity contribution in [2.75, 3.05) is 13.4 Å². The van der Waals surface area contributed by atoms with Crippen LogP contribution in [0, 0.1) is 13.8 Å². The number of esters is 1. The second kappa shape index (κ2) is 11.4.